The molecule has 166 valence electrons. The van der Waals surface area contributed by atoms with Crippen molar-refractivity contribution in [3.8, 4) is 5.75 Å². The van der Waals surface area contributed by atoms with Crippen molar-refractivity contribution in [3.63, 3.8) is 0 Å². The van der Waals surface area contributed by atoms with Crippen LogP contribution in [0.4, 0.5) is 4.79 Å². The van der Waals surface area contributed by atoms with Gasteiger partial charge in [-0.25, -0.2) is 4.79 Å². The summed E-state index contributed by atoms with van der Waals surface area (Å²) in [7, 11) is 0. The van der Waals surface area contributed by atoms with Crippen molar-refractivity contribution in [3.05, 3.63) is 103 Å². The van der Waals surface area contributed by atoms with Gasteiger partial charge in [-0.15, -0.1) is 0 Å². The van der Waals surface area contributed by atoms with Gasteiger partial charge < -0.3 is 4.74 Å². The Balaban J connectivity index is 1.59. The molecular formula is C24H14Cl3NO4S. The van der Waals surface area contributed by atoms with E-state index in [1.54, 1.807) is 60.7 Å². The third-order valence-corrected chi connectivity index (χ3v) is 6.46. The monoisotopic (exact) mass is 517 g/mol. The Kier molecular flexibility index (Phi) is 7.10. The van der Waals surface area contributed by atoms with E-state index in [1.807, 2.05) is 0 Å². The van der Waals surface area contributed by atoms with Crippen LogP contribution in [-0.4, -0.2) is 22.0 Å². The number of imide groups is 1. The second kappa shape index (κ2) is 10.0. The molecule has 5 nitrogen and oxygen atoms in total. The van der Waals surface area contributed by atoms with Crippen LogP contribution in [0.25, 0.3) is 6.08 Å². The van der Waals surface area contributed by atoms with Gasteiger partial charge in [-0.1, -0.05) is 53.0 Å². The van der Waals surface area contributed by atoms with Crippen LogP contribution < -0.4 is 4.74 Å². The van der Waals surface area contributed by atoms with Crippen LogP contribution in [0.1, 0.15) is 21.5 Å². The second-order valence-corrected chi connectivity index (χ2v) is 9.21. The largest absolute Gasteiger partial charge is 0.422 e. The molecule has 0 atom stereocenters. The fourth-order valence-corrected chi connectivity index (χ4v) is 4.38. The van der Waals surface area contributed by atoms with Gasteiger partial charge in [0.1, 0.15) is 5.75 Å². The van der Waals surface area contributed by atoms with Gasteiger partial charge in [-0.05, 0) is 71.9 Å². The van der Waals surface area contributed by atoms with Gasteiger partial charge in [0.15, 0.2) is 0 Å². The summed E-state index contributed by atoms with van der Waals surface area (Å²) in [4.78, 5) is 39.3. The Bertz CT molecular complexity index is 1290. The summed E-state index contributed by atoms with van der Waals surface area (Å²) >= 11 is 18.9. The number of esters is 1. The number of carbonyl (C=O) groups is 3. The molecule has 3 aromatic carbocycles. The molecule has 0 aliphatic carbocycles. The molecule has 0 unspecified atom stereocenters. The van der Waals surface area contributed by atoms with Crippen molar-refractivity contribution in [2.45, 2.75) is 6.54 Å². The summed E-state index contributed by atoms with van der Waals surface area (Å²) in [6.45, 7) is 0.0512. The number of nitrogens with zero attached hydrogens (tertiary/aromatic N) is 1. The Morgan fingerprint density at radius 1 is 0.939 bits per heavy atom. The molecule has 0 bridgehead atoms. The van der Waals surface area contributed by atoms with Gasteiger partial charge in [0.2, 0.25) is 0 Å². The highest BCUT2D eigenvalue weighted by Gasteiger charge is 2.35. The molecule has 0 saturated carbocycles. The van der Waals surface area contributed by atoms with Gasteiger partial charge in [-0.3, -0.25) is 14.5 Å². The molecule has 1 aliphatic rings. The first-order valence-corrected chi connectivity index (χ1v) is 11.5. The number of benzene rings is 3. The third-order valence-electron chi connectivity index (χ3n) is 4.70. The molecule has 1 heterocycles. The smallest absolute Gasteiger partial charge is 0.343 e. The lowest BCUT2D eigenvalue weighted by molar-refractivity contribution is -0.123. The topological polar surface area (TPSA) is 63.7 Å². The molecule has 0 radical (unpaired) electrons. The van der Waals surface area contributed by atoms with Crippen LogP contribution in [0.3, 0.4) is 0 Å². The summed E-state index contributed by atoms with van der Waals surface area (Å²) in [6, 6.07) is 17.9. The maximum absolute atomic E-state index is 12.9. The molecule has 1 fully saturated rings. The fraction of sp³-hybridized carbons (Fsp3) is 0.0417. The van der Waals surface area contributed by atoms with Crippen molar-refractivity contribution in [1.29, 1.82) is 0 Å². The normalized spacial score (nSPS) is 14.8. The van der Waals surface area contributed by atoms with Crippen LogP contribution in [0.2, 0.25) is 15.1 Å². The molecule has 9 heteroatoms. The maximum Gasteiger partial charge on any atom is 0.343 e. The maximum atomic E-state index is 12.9. The molecule has 4 rings (SSSR count). The number of carbonyl (C=O) groups excluding carboxylic acids is 3. The Morgan fingerprint density at radius 3 is 2.36 bits per heavy atom. The highest BCUT2D eigenvalue weighted by molar-refractivity contribution is 8.18. The van der Waals surface area contributed by atoms with Gasteiger partial charge >= 0.3 is 5.97 Å². The zero-order valence-electron chi connectivity index (χ0n) is 16.8. The molecule has 1 saturated heterocycles. The van der Waals surface area contributed by atoms with Crippen molar-refractivity contribution in [2.75, 3.05) is 0 Å². The van der Waals surface area contributed by atoms with E-state index in [0.29, 0.717) is 31.8 Å². The first-order valence-electron chi connectivity index (χ1n) is 9.58. The lowest BCUT2D eigenvalue weighted by Gasteiger charge is -2.13. The molecule has 0 N–H and O–H groups in total. The minimum Gasteiger partial charge on any atom is -0.422 e. The summed E-state index contributed by atoms with van der Waals surface area (Å²) in [6.07, 6.45) is 1.48. The number of hydrogen-bond acceptors (Lipinski definition) is 5. The number of rotatable bonds is 5. The highest BCUT2D eigenvalue weighted by atomic mass is 35.5. The predicted octanol–water partition coefficient (Wildman–Crippen LogP) is 7.10. The number of halogens is 3. The van der Waals surface area contributed by atoms with Crippen molar-refractivity contribution >= 4 is 69.8 Å². The Morgan fingerprint density at radius 2 is 1.64 bits per heavy atom. The lowest BCUT2D eigenvalue weighted by atomic mass is 10.1. The zero-order valence-corrected chi connectivity index (χ0v) is 19.8. The van der Waals surface area contributed by atoms with Crippen LogP contribution in [0.5, 0.6) is 5.75 Å². The molecule has 0 spiro atoms. The van der Waals surface area contributed by atoms with Crippen LogP contribution in [0, 0.1) is 0 Å². The van der Waals surface area contributed by atoms with E-state index < -0.39 is 17.1 Å². The van der Waals surface area contributed by atoms with Gasteiger partial charge in [0.05, 0.1) is 17.0 Å². The second-order valence-electron chi connectivity index (χ2n) is 6.94. The quantitative estimate of drug-likeness (QED) is 0.205. The minimum absolute atomic E-state index is 0.0512. The first-order chi connectivity index (χ1) is 15.8. The number of ether oxygens (including phenoxy) is 1. The van der Waals surface area contributed by atoms with Crippen LogP contribution in [-0.2, 0) is 11.3 Å². The van der Waals surface area contributed by atoms with Crippen LogP contribution >= 0.6 is 46.6 Å². The molecular weight excluding hydrogens is 505 g/mol. The van der Waals surface area contributed by atoms with E-state index >= 15 is 0 Å². The summed E-state index contributed by atoms with van der Waals surface area (Å²) in [5.41, 5.74) is 1.34. The molecule has 33 heavy (non-hydrogen) atoms. The summed E-state index contributed by atoms with van der Waals surface area (Å²) in [5, 5.41) is 0.911. The van der Waals surface area contributed by atoms with Gasteiger partial charge in [0.25, 0.3) is 11.1 Å². The van der Waals surface area contributed by atoms with Crippen molar-refractivity contribution in [2.24, 2.45) is 0 Å². The van der Waals surface area contributed by atoms with E-state index in [-0.39, 0.29) is 17.2 Å². The predicted molar refractivity (Wildman–Crippen MR) is 131 cm³/mol. The molecule has 2 amide bonds. The van der Waals surface area contributed by atoms with E-state index in [0.717, 1.165) is 16.7 Å². The average Bonchev–Trinajstić information content (AvgIpc) is 3.05. The number of thioether (sulfide) groups is 1. The highest BCUT2D eigenvalue weighted by Crippen LogP contribution is 2.36. The van der Waals surface area contributed by atoms with E-state index in [4.69, 9.17) is 39.5 Å². The summed E-state index contributed by atoms with van der Waals surface area (Å²) < 4.78 is 5.52. The molecule has 0 aromatic heterocycles. The Hall–Kier alpha value is -2.77. The minimum atomic E-state index is -0.601. The van der Waals surface area contributed by atoms with Crippen LogP contribution in [0.15, 0.2) is 71.6 Å². The fourth-order valence-electron chi connectivity index (χ4n) is 3.04. The first kappa shape index (κ1) is 23.4. The Labute approximate surface area is 208 Å². The lowest BCUT2D eigenvalue weighted by Crippen LogP contribution is -2.27. The standard InChI is InChI=1S/C24H14Cl3NO4S/c25-17-7-5-14(6-8-17)23(30)32-20-10-9-18(26)11-16(20)12-21-22(29)28(24(31)33-21)13-15-3-1-2-4-19(15)27/h1-12H,13H2/b21-12-. The SMILES string of the molecule is O=C(Oc1ccc(Cl)cc1/C=C1\SC(=O)N(Cc2ccccc2Cl)C1=O)c1ccc(Cl)cc1. The van der Waals surface area contributed by atoms with Gasteiger partial charge in [0, 0.05) is 20.6 Å². The van der Waals surface area contributed by atoms with Crippen molar-refractivity contribution in [1.82, 2.24) is 4.90 Å². The number of amides is 2. The van der Waals surface area contributed by atoms with E-state index in [1.165, 1.54) is 12.1 Å². The van der Waals surface area contributed by atoms with E-state index in [9.17, 15) is 14.4 Å². The zero-order chi connectivity index (χ0) is 23.5. The molecule has 1 aliphatic heterocycles. The van der Waals surface area contributed by atoms with Crippen molar-refractivity contribution < 1.29 is 19.1 Å². The third kappa shape index (κ3) is 5.42. The average molecular weight is 519 g/mol. The summed E-state index contributed by atoms with van der Waals surface area (Å²) in [5.74, 6) is -0.882. The molecule has 3 aromatic rings. The number of hydrogen-bond donors (Lipinski definition) is 0. The van der Waals surface area contributed by atoms with Gasteiger partial charge in [-0.2, -0.15) is 0 Å². The van der Waals surface area contributed by atoms with E-state index in [2.05, 4.69) is 0 Å².